The van der Waals surface area contributed by atoms with Crippen LogP contribution in [0.4, 0.5) is 0 Å². The molecule has 1 aliphatic heterocycles. The molecule has 8 heteroatoms. The normalized spacial score (nSPS) is 16.5. The van der Waals surface area contributed by atoms with Crippen molar-refractivity contribution in [2.24, 2.45) is 0 Å². The third-order valence-corrected chi connectivity index (χ3v) is 5.19. The van der Waals surface area contributed by atoms with Crippen molar-refractivity contribution in [3.8, 4) is 0 Å². The fourth-order valence-corrected chi connectivity index (χ4v) is 3.69. The molecule has 2 aromatic rings. The van der Waals surface area contributed by atoms with Crippen LogP contribution in [-0.2, 0) is 16.1 Å². The quantitative estimate of drug-likeness (QED) is 0.833. The third-order valence-electron chi connectivity index (χ3n) is 4.33. The molecule has 1 N–H and O–H groups in total. The Morgan fingerprint density at radius 1 is 1.35 bits per heavy atom. The Kier molecular flexibility index (Phi) is 5.72. The van der Waals surface area contributed by atoms with Crippen LogP contribution in [0.15, 0.2) is 40.3 Å². The second-order valence-corrected chi connectivity index (χ2v) is 7.13. The van der Waals surface area contributed by atoms with Crippen LogP contribution in [0.25, 0.3) is 0 Å². The van der Waals surface area contributed by atoms with Crippen molar-refractivity contribution in [2.75, 3.05) is 20.1 Å². The van der Waals surface area contributed by atoms with Crippen LogP contribution in [-0.4, -0.2) is 53.7 Å². The van der Waals surface area contributed by atoms with Crippen molar-refractivity contribution < 1.29 is 18.8 Å². The molecule has 3 rings (SSSR count). The van der Waals surface area contributed by atoms with Crippen molar-refractivity contribution >= 4 is 29.1 Å². The number of hydrogen-bond donors (Lipinski definition) is 1. The molecule has 3 heterocycles. The standard InChI is InChI=1S/C18H21N3O4S/c1-20(12-16(22)19-11-13-5-3-9-25-13)17(23)14-6-2-8-21(14)18(24)15-7-4-10-26-15/h3-5,7,9-10,14H,2,6,8,11-12H2,1H3,(H,19,22). The van der Waals surface area contributed by atoms with E-state index in [9.17, 15) is 14.4 Å². The molecule has 1 unspecified atom stereocenters. The van der Waals surface area contributed by atoms with Gasteiger partial charge in [-0.25, -0.2) is 0 Å². The number of rotatable bonds is 6. The van der Waals surface area contributed by atoms with E-state index in [1.54, 1.807) is 30.1 Å². The molecule has 0 spiro atoms. The van der Waals surface area contributed by atoms with E-state index < -0.39 is 6.04 Å². The predicted octanol–water partition coefficient (Wildman–Crippen LogP) is 1.72. The number of likely N-dealkylation sites (tertiary alicyclic amines) is 1. The first-order valence-electron chi connectivity index (χ1n) is 8.45. The number of thiophene rings is 1. The topological polar surface area (TPSA) is 82.9 Å². The average Bonchev–Trinajstić information content (AvgIpc) is 3.40. The van der Waals surface area contributed by atoms with Crippen molar-refractivity contribution in [3.05, 3.63) is 46.5 Å². The Morgan fingerprint density at radius 2 is 2.19 bits per heavy atom. The number of nitrogens with one attached hydrogen (secondary N) is 1. The van der Waals surface area contributed by atoms with E-state index in [1.807, 2.05) is 11.4 Å². The summed E-state index contributed by atoms with van der Waals surface area (Å²) in [5.74, 6) is 0.0503. The van der Waals surface area contributed by atoms with Crippen LogP contribution in [0.1, 0.15) is 28.3 Å². The predicted molar refractivity (Wildman–Crippen MR) is 96.6 cm³/mol. The summed E-state index contributed by atoms with van der Waals surface area (Å²) in [6.07, 6.45) is 2.94. The lowest BCUT2D eigenvalue weighted by Gasteiger charge is -2.27. The maximum atomic E-state index is 12.7. The summed E-state index contributed by atoms with van der Waals surface area (Å²) in [4.78, 5) is 41.0. The van der Waals surface area contributed by atoms with E-state index >= 15 is 0 Å². The van der Waals surface area contributed by atoms with Gasteiger partial charge in [0.25, 0.3) is 5.91 Å². The number of hydrogen-bond acceptors (Lipinski definition) is 5. The maximum Gasteiger partial charge on any atom is 0.264 e. The van der Waals surface area contributed by atoms with Crippen LogP contribution in [0.3, 0.4) is 0 Å². The first-order chi connectivity index (χ1) is 12.6. The largest absolute Gasteiger partial charge is 0.467 e. The fourth-order valence-electron chi connectivity index (χ4n) is 3.01. The highest BCUT2D eigenvalue weighted by Crippen LogP contribution is 2.23. The minimum Gasteiger partial charge on any atom is -0.467 e. The summed E-state index contributed by atoms with van der Waals surface area (Å²) < 4.78 is 5.15. The molecule has 26 heavy (non-hydrogen) atoms. The number of nitrogens with zero attached hydrogens (tertiary/aromatic N) is 2. The summed E-state index contributed by atoms with van der Waals surface area (Å²) in [5.41, 5.74) is 0. The molecule has 0 radical (unpaired) electrons. The molecule has 0 bridgehead atoms. The summed E-state index contributed by atoms with van der Waals surface area (Å²) in [6, 6.07) is 6.59. The van der Waals surface area contributed by atoms with Crippen molar-refractivity contribution in [1.29, 1.82) is 0 Å². The first kappa shape index (κ1) is 18.2. The van der Waals surface area contributed by atoms with Gasteiger partial charge in [-0.2, -0.15) is 0 Å². The molecule has 2 aromatic heterocycles. The van der Waals surface area contributed by atoms with Crippen LogP contribution in [0.5, 0.6) is 0 Å². The van der Waals surface area contributed by atoms with Gasteiger partial charge < -0.3 is 19.5 Å². The van der Waals surface area contributed by atoms with Gasteiger partial charge in [0.2, 0.25) is 11.8 Å². The van der Waals surface area contributed by atoms with Crippen LogP contribution in [0, 0.1) is 0 Å². The van der Waals surface area contributed by atoms with Gasteiger partial charge in [0.15, 0.2) is 0 Å². The Balaban J connectivity index is 1.55. The molecular weight excluding hydrogens is 354 g/mol. The molecule has 0 aliphatic carbocycles. The van der Waals surface area contributed by atoms with E-state index in [4.69, 9.17) is 4.42 Å². The lowest BCUT2D eigenvalue weighted by Crippen LogP contribution is -2.48. The zero-order valence-electron chi connectivity index (χ0n) is 14.5. The lowest BCUT2D eigenvalue weighted by molar-refractivity contribution is -0.137. The number of amides is 3. The number of furan rings is 1. The van der Waals surface area contributed by atoms with Gasteiger partial charge in [-0.15, -0.1) is 11.3 Å². The molecule has 7 nitrogen and oxygen atoms in total. The Bertz CT molecular complexity index is 758. The van der Waals surface area contributed by atoms with Crippen LogP contribution >= 0.6 is 11.3 Å². The van der Waals surface area contributed by atoms with Crippen molar-refractivity contribution in [2.45, 2.75) is 25.4 Å². The molecule has 0 aromatic carbocycles. The number of carbonyl (C=O) groups excluding carboxylic acids is 3. The lowest BCUT2D eigenvalue weighted by atomic mass is 10.2. The summed E-state index contributed by atoms with van der Waals surface area (Å²) in [5, 5.41) is 4.56. The van der Waals surface area contributed by atoms with Crippen molar-refractivity contribution in [1.82, 2.24) is 15.1 Å². The molecule has 3 amide bonds. The van der Waals surface area contributed by atoms with Gasteiger partial charge in [0.05, 0.1) is 24.2 Å². The average molecular weight is 375 g/mol. The number of carbonyl (C=O) groups is 3. The summed E-state index contributed by atoms with van der Waals surface area (Å²) in [6.45, 7) is 0.781. The fraction of sp³-hybridized carbons (Fsp3) is 0.389. The molecular formula is C18H21N3O4S. The van der Waals surface area contributed by atoms with E-state index in [0.29, 0.717) is 23.6 Å². The van der Waals surface area contributed by atoms with E-state index in [1.165, 1.54) is 22.5 Å². The minimum absolute atomic E-state index is 0.0585. The molecule has 0 saturated carbocycles. The highest BCUT2D eigenvalue weighted by molar-refractivity contribution is 7.12. The minimum atomic E-state index is -0.507. The molecule has 1 fully saturated rings. The van der Waals surface area contributed by atoms with Gasteiger partial charge in [0, 0.05) is 13.6 Å². The SMILES string of the molecule is CN(CC(=O)NCc1ccco1)C(=O)C1CCCN1C(=O)c1cccs1. The third kappa shape index (κ3) is 4.13. The van der Waals surface area contributed by atoms with E-state index in [2.05, 4.69) is 5.32 Å². The van der Waals surface area contributed by atoms with E-state index in [-0.39, 0.29) is 30.8 Å². The Morgan fingerprint density at radius 3 is 2.88 bits per heavy atom. The second kappa shape index (κ2) is 8.18. The molecule has 138 valence electrons. The molecule has 1 atom stereocenters. The Hall–Kier alpha value is -2.61. The van der Waals surface area contributed by atoms with Gasteiger partial charge >= 0.3 is 0 Å². The highest BCUT2D eigenvalue weighted by Gasteiger charge is 2.36. The van der Waals surface area contributed by atoms with Gasteiger partial charge in [-0.3, -0.25) is 14.4 Å². The maximum absolute atomic E-state index is 12.7. The van der Waals surface area contributed by atoms with Crippen LogP contribution in [0.2, 0.25) is 0 Å². The van der Waals surface area contributed by atoms with Gasteiger partial charge in [-0.1, -0.05) is 6.07 Å². The Labute approximate surface area is 155 Å². The zero-order chi connectivity index (χ0) is 18.5. The number of likely N-dealkylation sites (N-methyl/N-ethyl adjacent to an activating group) is 1. The second-order valence-electron chi connectivity index (χ2n) is 6.18. The van der Waals surface area contributed by atoms with Gasteiger partial charge in [0.1, 0.15) is 11.8 Å². The van der Waals surface area contributed by atoms with Gasteiger partial charge in [-0.05, 0) is 36.4 Å². The van der Waals surface area contributed by atoms with Crippen LogP contribution < -0.4 is 5.32 Å². The smallest absolute Gasteiger partial charge is 0.264 e. The molecule has 1 aliphatic rings. The zero-order valence-corrected chi connectivity index (χ0v) is 15.3. The summed E-state index contributed by atoms with van der Waals surface area (Å²) in [7, 11) is 1.58. The summed E-state index contributed by atoms with van der Waals surface area (Å²) >= 11 is 1.37. The molecule has 1 saturated heterocycles. The van der Waals surface area contributed by atoms with E-state index in [0.717, 1.165) is 6.42 Å². The highest BCUT2D eigenvalue weighted by atomic mass is 32.1. The monoisotopic (exact) mass is 375 g/mol. The first-order valence-corrected chi connectivity index (χ1v) is 9.33. The van der Waals surface area contributed by atoms with Crippen molar-refractivity contribution in [3.63, 3.8) is 0 Å².